The van der Waals surface area contributed by atoms with Gasteiger partial charge in [-0.15, -0.1) is 11.8 Å². The van der Waals surface area contributed by atoms with E-state index in [0.717, 1.165) is 4.90 Å². The molecule has 0 spiro atoms. The molecule has 1 fully saturated rings. The van der Waals surface area contributed by atoms with E-state index in [-0.39, 0.29) is 6.61 Å². The van der Waals surface area contributed by atoms with Gasteiger partial charge < -0.3 is 29.6 Å². The molecule has 2 aliphatic rings. The Morgan fingerprint density at radius 2 is 1.94 bits per heavy atom. The number of methoxy groups -OCH3 is 1. The molecule has 0 amide bonds. The lowest BCUT2D eigenvalue weighted by Gasteiger charge is -2.26. The van der Waals surface area contributed by atoms with Gasteiger partial charge >= 0.3 is 11.9 Å². The molecule has 36 heavy (non-hydrogen) atoms. The number of aromatic nitrogens is 2. The zero-order valence-electron chi connectivity index (χ0n) is 20.5. The van der Waals surface area contributed by atoms with Gasteiger partial charge in [0.15, 0.2) is 12.3 Å². The first-order chi connectivity index (χ1) is 17.3. The minimum absolute atomic E-state index is 0.0921. The highest BCUT2D eigenvalue weighted by atomic mass is 32.2. The molecule has 2 aromatic rings. The van der Waals surface area contributed by atoms with E-state index < -0.39 is 36.5 Å². The predicted octanol–water partition coefficient (Wildman–Crippen LogP) is 2.69. The Kier molecular flexibility index (Phi) is 7.97. The van der Waals surface area contributed by atoms with E-state index in [0.29, 0.717) is 29.0 Å². The second-order valence-electron chi connectivity index (χ2n) is 8.31. The number of ether oxygens (including phenoxy) is 4. The minimum atomic E-state index is -0.793. The Hall–Kier alpha value is -3.35. The Labute approximate surface area is 213 Å². The molecule has 0 bridgehead atoms. The number of nitrogens with one attached hydrogen (secondary N) is 2. The van der Waals surface area contributed by atoms with Crippen LogP contribution in [-0.2, 0) is 28.5 Å². The molecule has 12 heteroatoms. The number of guanidine groups is 1. The maximum atomic E-state index is 11.8. The number of aryl methyl sites for hydroxylation is 1. The zero-order chi connectivity index (χ0) is 25.8. The monoisotopic (exact) mass is 515 g/mol. The number of imidazole rings is 1. The van der Waals surface area contributed by atoms with E-state index in [4.69, 9.17) is 18.9 Å². The number of hydrogen-bond donors (Lipinski definition) is 2. The number of hydrogen-bond acceptors (Lipinski definition) is 9. The van der Waals surface area contributed by atoms with Crippen LogP contribution in [0, 0.1) is 6.92 Å². The number of nitrogens with zero attached hydrogens (tertiary/aromatic N) is 3. The van der Waals surface area contributed by atoms with Gasteiger partial charge in [0.1, 0.15) is 30.3 Å². The van der Waals surface area contributed by atoms with Crippen LogP contribution in [0.3, 0.4) is 0 Å². The number of aliphatic imine (C=N–C) groups is 1. The number of carbonyl (C=O) groups excluding carboxylic acids is 2. The van der Waals surface area contributed by atoms with Crippen LogP contribution < -0.4 is 10.6 Å². The summed E-state index contributed by atoms with van der Waals surface area (Å²) in [6.07, 6.45) is -1.34. The average molecular weight is 516 g/mol. The van der Waals surface area contributed by atoms with Crippen molar-refractivity contribution in [2.24, 2.45) is 4.99 Å². The highest BCUT2D eigenvalue weighted by Gasteiger charge is 2.49. The highest BCUT2D eigenvalue weighted by Crippen LogP contribution is 2.38. The van der Waals surface area contributed by atoms with Gasteiger partial charge in [0, 0.05) is 25.9 Å². The third kappa shape index (κ3) is 5.72. The molecule has 2 N–H and O–H groups in total. The van der Waals surface area contributed by atoms with Gasteiger partial charge in [0.2, 0.25) is 5.96 Å². The number of benzene rings is 1. The molecule has 1 saturated heterocycles. The second kappa shape index (κ2) is 11.1. The molecule has 2 aliphatic heterocycles. The molecule has 1 aromatic heterocycles. The van der Waals surface area contributed by atoms with Crippen molar-refractivity contribution in [2.75, 3.05) is 24.9 Å². The SMILES string of the molecule is C=C1N/C(=N/CSc2ccc(C)cc2)Nc2c1ncn2[C@@H]1O[C@H](COC(C)=O)C(OC(C)=O)C1OC. The summed E-state index contributed by atoms with van der Waals surface area (Å²) in [7, 11) is 1.50. The Morgan fingerprint density at radius 1 is 1.19 bits per heavy atom. The summed E-state index contributed by atoms with van der Waals surface area (Å²) < 4.78 is 24.2. The van der Waals surface area contributed by atoms with E-state index in [9.17, 15) is 9.59 Å². The third-order valence-electron chi connectivity index (χ3n) is 5.65. The molecule has 0 radical (unpaired) electrons. The lowest BCUT2D eigenvalue weighted by Crippen LogP contribution is -2.39. The fourth-order valence-electron chi connectivity index (χ4n) is 3.98. The summed E-state index contributed by atoms with van der Waals surface area (Å²) in [5.41, 5.74) is 2.36. The standard InChI is InChI=1S/C24H29N5O6S/c1-13-6-8-17(9-7-13)36-12-26-24-27-14(2)19-22(28-24)29(11-25-19)23-21(32-5)20(34-16(4)31)18(35-23)10-33-15(3)30/h6-9,11,18,20-21,23H,2,10,12H2,1,3-5H3,(H2,26,27,28)/t18-,20?,21?,23-/m1/s1. The van der Waals surface area contributed by atoms with Crippen molar-refractivity contribution < 1.29 is 28.5 Å². The first kappa shape index (κ1) is 25.7. The normalized spacial score (nSPS) is 24.1. The van der Waals surface area contributed by atoms with Gasteiger partial charge in [-0.1, -0.05) is 24.3 Å². The van der Waals surface area contributed by atoms with Crippen LogP contribution in [0.1, 0.15) is 31.3 Å². The fourth-order valence-corrected chi connectivity index (χ4v) is 4.65. The van der Waals surface area contributed by atoms with E-state index in [1.165, 1.54) is 26.5 Å². The van der Waals surface area contributed by atoms with Gasteiger partial charge in [-0.05, 0) is 19.1 Å². The number of rotatable bonds is 8. The topological polar surface area (TPSA) is 125 Å². The van der Waals surface area contributed by atoms with E-state index in [1.807, 2.05) is 6.92 Å². The van der Waals surface area contributed by atoms with Gasteiger partial charge in [0.25, 0.3) is 0 Å². The predicted molar refractivity (Wildman–Crippen MR) is 134 cm³/mol. The zero-order valence-corrected chi connectivity index (χ0v) is 21.3. The van der Waals surface area contributed by atoms with E-state index in [2.05, 4.69) is 51.5 Å². The number of anilines is 1. The number of carbonyl (C=O) groups is 2. The van der Waals surface area contributed by atoms with Crippen LogP contribution in [-0.4, -0.2) is 65.4 Å². The Bertz CT molecular complexity index is 1160. The van der Waals surface area contributed by atoms with E-state index >= 15 is 0 Å². The van der Waals surface area contributed by atoms with Crippen LogP contribution >= 0.6 is 11.8 Å². The highest BCUT2D eigenvalue weighted by molar-refractivity contribution is 7.99. The molecule has 4 atom stereocenters. The summed E-state index contributed by atoms with van der Waals surface area (Å²) in [4.78, 5) is 33.3. The maximum Gasteiger partial charge on any atom is 0.303 e. The molecular formula is C24H29N5O6S. The van der Waals surface area contributed by atoms with Gasteiger partial charge in [-0.3, -0.25) is 14.2 Å². The smallest absolute Gasteiger partial charge is 0.303 e. The summed E-state index contributed by atoms with van der Waals surface area (Å²) in [5.74, 6) is 0.622. The molecule has 0 aliphatic carbocycles. The van der Waals surface area contributed by atoms with Crippen LogP contribution in [0.25, 0.3) is 5.70 Å². The molecule has 192 valence electrons. The fraction of sp³-hybridized carbons (Fsp3) is 0.417. The first-order valence-corrected chi connectivity index (χ1v) is 12.3. The third-order valence-corrected chi connectivity index (χ3v) is 6.51. The number of esters is 2. The summed E-state index contributed by atoms with van der Waals surface area (Å²) >= 11 is 1.60. The molecule has 0 saturated carbocycles. The van der Waals surface area contributed by atoms with Crippen LogP contribution in [0.5, 0.6) is 0 Å². The van der Waals surface area contributed by atoms with Crippen molar-refractivity contribution in [3.8, 4) is 0 Å². The van der Waals surface area contributed by atoms with Crippen LogP contribution in [0.15, 0.2) is 47.1 Å². The van der Waals surface area contributed by atoms with Gasteiger partial charge in [-0.25, -0.2) is 9.98 Å². The van der Waals surface area contributed by atoms with Gasteiger partial charge in [-0.2, -0.15) is 0 Å². The largest absolute Gasteiger partial charge is 0.463 e. The average Bonchev–Trinajstić information content (AvgIpc) is 3.40. The lowest BCUT2D eigenvalue weighted by molar-refractivity contribution is -0.157. The molecule has 11 nitrogen and oxygen atoms in total. The van der Waals surface area contributed by atoms with Crippen molar-refractivity contribution >= 4 is 41.2 Å². The first-order valence-electron chi connectivity index (χ1n) is 11.3. The summed E-state index contributed by atoms with van der Waals surface area (Å²) in [5, 5.41) is 6.38. The number of thioether (sulfide) groups is 1. The van der Waals surface area contributed by atoms with Crippen molar-refractivity contribution in [1.82, 2.24) is 14.9 Å². The molecule has 1 aromatic carbocycles. The van der Waals surface area contributed by atoms with Crippen molar-refractivity contribution in [3.63, 3.8) is 0 Å². The number of fused-ring (bicyclic) bond motifs is 1. The van der Waals surface area contributed by atoms with Crippen molar-refractivity contribution in [3.05, 3.63) is 48.4 Å². The van der Waals surface area contributed by atoms with Crippen LogP contribution in [0.2, 0.25) is 0 Å². The summed E-state index contributed by atoms with van der Waals surface area (Å²) in [6, 6.07) is 8.24. The van der Waals surface area contributed by atoms with Crippen molar-refractivity contribution in [1.29, 1.82) is 0 Å². The Morgan fingerprint density at radius 3 is 2.61 bits per heavy atom. The molecule has 3 heterocycles. The quantitative estimate of drug-likeness (QED) is 0.400. The Balaban J connectivity index is 1.54. The van der Waals surface area contributed by atoms with Crippen LogP contribution in [0.4, 0.5) is 5.82 Å². The van der Waals surface area contributed by atoms with Crippen molar-refractivity contribution in [2.45, 2.75) is 50.2 Å². The maximum absolute atomic E-state index is 11.8. The van der Waals surface area contributed by atoms with Gasteiger partial charge in [0.05, 0.1) is 17.9 Å². The molecule has 2 unspecified atom stereocenters. The molecular weight excluding hydrogens is 486 g/mol. The lowest BCUT2D eigenvalue weighted by atomic mass is 10.1. The van der Waals surface area contributed by atoms with E-state index in [1.54, 1.807) is 22.7 Å². The minimum Gasteiger partial charge on any atom is -0.463 e. The summed E-state index contributed by atoms with van der Waals surface area (Å²) in [6.45, 7) is 8.62. The second-order valence-corrected chi connectivity index (χ2v) is 9.33. The molecule has 4 rings (SSSR count).